The monoisotopic (exact) mass is 315 g/mol. The standard InChI is InChI=1S/C16H29N3O.ClH/c1-13-4-9-18(10-5-13)16(20)19-11-6-14(7-12-19)15-3-2-8-17-15;/h13-15,17H,2-12H2,1H3;1H. The minimum Gasteiger partial charge on any atom is -0.325 e. The number of hydrogen-bond acceptors (Lipinski definition) is 2. The fourth-order valence-corrected chi connectivity index (χ4v) is 4.01. The summed E-state index contributed by atoms with van der Waals surface area (Å²) in [7, 11) is 0. The summed E-state index contributed by atoms with van der Waals surface area (Å²) < 4.78 is 0. The van der Waals surface area contributed by atoms with E-state index in [1.165, 1.54) is 45.1 Å². The zero-order chi connectivity index (χ0) is 13.9. The molecule has 3 fully saturated rings. The number of nitrogens with one attached hydrogen (secondary N) is 1. The Bertz CT molecular complexity index is 330. The van der Waals surface area contributed by atoms with Gasteiger partial charge in [-0.25, -0.2) is 4.79 Å². The van der Waals surface area contributed by atoms with Gasteiger partial charge in [0.25, 0.3) is 0 Å². The van der Waals surface area contributed by atoms with Gasteiger partial charge in [-0.2, -0.15) is 0 Å². The number of nitrogens with zero attached hydrogens (tertiary/aromatic N) is 2. The van der Waals surface area contributed by atoms with Crippen LogP contribution >= 0.6 is 12.4 Å². The van der Waals surface area contributed by atoms with Crippen molar-refractivity contribution in [2.75, 3.05) is 32.7 Å². The lowest BCUT2D eigenvalue weighted by Crippen LogP contribution is -2.50. The van der Waals surface area contributed by atoms with Crippen LogP contribution in [0.2, 0.25) is 0 Å². The first kappa shape index (κ1) is 16.9. The van der Waals surface area contributed by atoms with E-state index in [2.05, 4.69) is 22.0 Å². The van der Waals surface area contributed by atoms with Gasteiger partial charge in [-0.15, -0.1) is 12.4 Å². The highest BCUT2D eigenvalue weighted by atomic mass is 35.5. The third kappa shape index (κ3) is 4.04. The fourth-order valence-electron chi connectivity index (χ4n) is 4.01. The average molecular weight is 316 g/mol. The van der Waals surface area contributed by atoms with Crippen molar-refractivity contribution in [1.29, 1.82) is 0 Å². The van der Waals surface area contributed by atoms with Crippen molar-refractivity contribution in [3.8, 4) is 0 Å². The molecule has 0 spiro atoms. The predicted molar refractivity (Wildman–Crippen MR) is 87.9 cm³/mol. The Hall–Kier alpha value is -0.480. The van der Waals surface area contributed by atoms with Crippen LogP contribution in [0.25, 0.3) is 0 Å². The number of urea groups is 1. The lowest BCUT2D eigenvalue weighted by molar-refractivity contribution is 0.113. The summed E-state index contributed by atoms with van der Waals surface area (Å²) in [6.07, 6.45) is 7.39. The van der Waals surface area contributed by atoms with Gasteiger partial charge in [0.15, 0.2) is 0 Å². The SMILES string of the molecule is CC1CCN(C(=O)N2CCC(C3CCCN3)CC2)CC1.Cl. The van der Waals surface area contributed by atoms with E-state index in [9.17, 15) is 4.79 Å². The molecule has 21 heavy (non-hydrogen) atoms. The molecular weight excluding hydrogens is 286 g/mol. The largest absolute Gasteiger partial charge is 0.325 e. The first-order valence-electron chi connectivity index (χ1n) is 8.51. The second-order valence-corrected chi connectivity index (χ2v) is 6.98. The van der Waals surface area contributed by atoms with Gasteiger partial charge in [0.2, 0.25) is 0 Å². The Morgan fingerprint density at radius 3 is 2.05 bits per heavy atom. The van der Waals surface area contributed by atoms with Gasteiger partial charge in [0.05, 0.1) is 0 Å². The van der Waals surface area contributed by atoms with Gasteiger partial charge in [-0.3, -0.25) is 0 Å². The molecule has 0 aliphatic carbocycles. The Morgan fingerprint density at radius 1 is 0.952 bits per heavy atom. The van der Waals surface area contributed by atoms with Crippen LogP contribution < -0.4 is 5.32 Å². The number of piperidine rings is 2. The fraction of sp³-hybridized carbons (Fsp3) is 0.938. The van der Waals surface area contributed by atoms with Crippen LogP contribution in [-0.4, -0.2) is 54.6 Å². The highest BCUT2D eigenvalue weighted by molar-refractivity contribution is 5.85. The first-order valence-corrected chi connectivity index (χ1v) is 8.51. The van der Waals surface area contributed by atoms with Crippen molar-refractivity contribution in [1.82, 2.24) is 15.1 Å². The number of carbonyl (C=O) groups excluding carboxylic acids is 1. The van der Waals surface area contributed by atoms with E-state index < -0.39 is 0 Å². The molecule has 4 nitrogen and oxygen atoms in total. The summed E-state index contributed by atoms with van der Waals surface area (Å²) in [6, 6.07) is 1.03. The van der Waals surface area contributed by atoms with E-state index in [4.69, 9.17) is 0 Å². The van der Waals surface area contributed by atoms with Crippen molar-refractivity contribution in [3.05, 3.63) is 0 Å². The van der Waals surface area contributed by atoms with E-state index in [-0.39, 0.29) is 12.4 Å². The summed E-state index contributed by atoms with van der Waals surface area (Å²) in [5.41, 5.74) is 0. The van der Waals surface area contributed by atoms with Crippen LogP contribution in [0.1, 0.15) is 45.4 Å². The van der Waals surface area contributed by atoms with E-state index in [0.717, 1.165) is 44.1 Å². The number of carbonyl (C=O) groups is 1. The average Bonchev–Trinajstić information content (AvgIpc) is 3.02. The summed E-state index contributed by atoms with van der Waals surface area (Å²) in [5.74, 6) is 1.58. The molecule has 0 bridgehead atoms. The van der Waals surface area contributed by atoms with Crippen molar-refractivity contribution >= 4 is 18.4 Å². The molecule has 1 atom stereocenters. The maximum absolute atomic E-state index is 12.5. The summed E-state index contributed by atoms with van der Waals surface area (Å²) in [5, 5.41) is 3.62. The second-order valence-electron chi connectivity index (χ2n) is 6.98. The Kier molecular flexibility index (Phi) is 6.18. The molecule has 2 amide bonds. The number of rotatable bonds is 1. The zero-order valence-electron chi connectivity index (χ0n) is 13.2. The quantitative estimate of drug-likeness (QED) is 0.807. The van der Waals surface area contributed by atoms with Gasteiger partial charge < -0.3 is 15.1 Å². The topological polar surface area (TPSA) is 35.6 Å². The molecule has 0 aromatic carbocycles. The van der Waals surface area contributed by atoms with Gasteiger partial charge in [-0.1, -0.05) is 6.92 Å². The molecule has 0 aromatic heterocycles. The Balaban J connectivity index is 0.00000161. The summed E-state index contributed by atoms with van der Waals surface area (Å²) >= 11 is 0. The van der Waals surface area contributed by atoms with E-state index in [0.29, 0.717) is 6.03 Å². The highest BCUT2D eigenvalue weighted by Crippen LogP contribution is 2.26. The highest BCUT2D eigenvalue weighted by Gasteiger charge is 2.32. The molecule has 3 heterocycles. The van der Waals surface area contributed by atoms with Gasteiger partial charge >= 0.3 is 6.03 Å². The smallest absolute Gasteiger partial charge is 0.319 e. The van der Waals surface area contributed by atoms with Crippen molar-refractivity contribution in [3.63, 3.8) is 0 Å². The number of amides is 2. The maximum atomic E-state index is 12.5. The summed E-state index contributed by atoms with van der Waals surface area (Å²) in [4.78, 5) is 16.7. The van der Waals surface area contributed by atoms with Gasteiger partial charge in [0.1, 0.15) is 0 Å². The molecular formula is C16H30ClN3O. The van der Waals surface area contributed by atoms with E-state index in [1.807, 2.05) is 0 Å². The van der Waals surface area contributed by atoms with Crippen molar-refractivity contribution in [2.45, 2.75) is 51.5 Å². The zero-order valence-corrected chi connectivity index (χ0v) is 14.0. The molecule has 0 radical (unpaired) electrons. The third-order valence-electron chi connectivity index (χ3n) is 5.53. The van der Waals surface area contributed by atoms with Crippen LogP contribution in [0.4, 0.5) is 4.79 Å². The molecule has 3 aliphatic heterocycles. The van der Waals surface area contributed by atoms with Crippen LogP contribution in [0.15, 0.2) is 0 Å². The maximum Gasteiger partial charge on any atom is 0.319 e. The predicted octanol–water partition coefficient (Wildman–Crippen LogP) is 2.72. The van der Waals surface area contributed by atoms with Crippen molar-refractivity contribution in [2.24, 2.45) is 11.8 Å². The molecule has 1 unspecified atom stereocenters. The number of halogens is 1. The lowest BCUT2D eigenvalue weighted by Gasteiger charge is -2.39. The van der Waals surface area contributed by atoms with E-state index >= 15 is 0 Å². The number of likely N-dealkylation sites (tertiary alicyclic amines) is 2. The van der Waals surface area contributed by atoms with E-state index in [1.54, 1.807) is 0 Å². The normalized spacial score (nSPS) is 28.5. The molecule has 3 saturated heterocycles. The molecule has 0 aromatic rings. The third-order valence-corrected chi connectivity index (χ3v) is 5.53. The van der Waals surface area contributed by atoms with Crippen LogP contribution in [0, 0.1) is 11.8 Å². The minimum absolute atomic E-state index is 0. The molecule has 5 heteroatoms. The summed E-state index contributed by atoms with van der Waals surface area (Å²) in [6.45, 7) is 7.34. The van der Waals surface area contributed by atoms with Crippen LogP contribution in [0.5, 0.6) is 0 Å². The molecule has 3 aliphatic rings. The van der Waals surface area contributed by atoms with Gasteiger partial charge in [-0.05, 0) is 56.9 Å². The second kappa shape index (κ2) is 7.68. The molecule has 3 rings (SSSR count). The molecule has 122 valence electrons. The first-order chi connectivity index (χ1) is 9.74. The van der Waals surface area contributed by atoms with Crippen molar-refractivity contribution < 1.29 is 4.79 Å². The van der Waals surface area contributed by atoms with Crippen LogP contribution in [-0.2, 0) is 0 Å². The Labute approximate surface area is 135 Å². The van der Waals surface area contributed by atoms with Crippen LogP contribution in [0.3, 0.4) is 0 Å². The van der Waals surface area contributed by atoms with Gasteiger partial charge in [0, 0.05) is 32.2 Å². The number of hydrogen-bond donors (Lipinski definition) is 1. The minimum atomic E-state index is 0. The Morgan fingerprint density at radius 2 is 1.52 bits per heavy atom. The molecule has 1 N–H and O–H groups in total. The molecule has 0 saturated carbocycles. The lowest BCUT2D eigenvalue weighted by atomic mass is 9.88.